The van der Waals surface area contributed by atoms with Crippen LogP contribution in [0.25, 0.3) is 0 Å². The van der Waals surface area contributed by atoms with Crippen LogP contribution in [-0.4, -0.2) is 56.0 Å². The van der Waals surface area contributed by atoms with E-state index in [1.54, 1.807) is 0 Å². The zero-order valence-corrected chi connectivity index (χ0v) is 13.8. The van der Waals surface area contributed by atoms with Gasteiger partial charge in [0.15, 0.2) is 0 Å². The van der Waals surface area contributed by atoms with E-state index in [1.807, 2.05) is 13.0 Å². The molecule has 2 aliphatic heterocycles. The molecule has 1 aromatic carbocycles. The SMILES string of the molecule is Cc1cc(N2CCN(C)CC2)ccc1NC1CCC(=O)NC1=O. The molecule has 2 N–H and O–H groups in total. The molecule has 0 radical (unpaired) electrons. The molecule has 23 heavy (non-hydrogen) atoms. The van der Waals surface area contributed by atoms with Crippen LogP contribution in [0.1, 0.15) is 18.4 Å². The van der Waals surface area contributed by atoms with Gasteiger partial charge >= 0.3 is 0 Å². The zero-order chi connectivity index (χ0) is 16.4. The Morgan fingerprint density at radius 2 is 1.91 bits per heavy atom. The van der Waals surface area contributed by atoms with Crippen molar-refractivity contribution in [3.05, 3.63) is 23.8 Å². The average Bonchev–Trinajstić information content (AvgIpc) is 2.52. The summed E-state index contributed by atoms with van der Waals surface area (Å²) >= 11 is 0. The lowest BCUT2D eigenvalue weighted by atomic mass is 10.0. The van der Waals surface area contributed by atoms with Crippen LogP contribution < -0.4 is 15.5 Å². The maximum absolute atomic E-state index is 11.9. The Balaban J connectivity index is 1.67. The third kappa shape index (κ3) is 3.64. The summed E-state index contributed by atoms with van der Waals surface area (Å²) < 4.78 is 0. The fourth-order valence-corrected chi connectivity index (χ4v) is 3.09. The molecular weight excluding hydrogens is 292 g/mol. The van der Waals surface area contributed by atoms with Gasteiger partial charge in [0.25, 0.3) is 0 Å². The second-order valence-electron chi connectivity index (χ2n) is 6.44. The molecule has 6 nitrogen and oxygen atoms in total. The predicted molar refractivity (Wildman–Crippen MR) is 90.7 cm³/mol. The lowest BCUT2D eigenvalue weighted by Crippen LogP contribution is -2.47. The predicted octanol–water partition coefficient (Wildman–Crippen LogP) is 0.964. The highest BCUT2D eigenvalue weighted by atomic mass is 16.2. The first-order valence-corrected chi connectivity index (χ1v) is 8.17. The van der Waals surface area contributed by atoms with Crippen LogP contribution in [0.3, 0.4) is 0 Å². The van der Waals surface area contributed by atoms with Gasteiger partial charge in [0.05, 0.1) is 0 Å². The largest absolute Gasteiger partial charge is 0.373 e. The van der Waals surface area contributed by atoms with Crippen LogP contribution in [0.15, 0.2) is 18.2 Å². The number of hydrogen-bond donors (Lipinski definition) is 2. The summed E-state index contributed by atoms with van der Waals surface area (Å²) in [4.78, 5) is 27.8. The molecular formula is C17H24N4O2. The maximum Gasteiger partial charge on any atom is 0.249 e. The third-order valence-corrected chi connectivity index (χ3v) is 4.65. The van der Waals surface area contributed by atoms with Crippen LogP contribution in [-0.2, 0) is 9.59 Å². The molecule has 2 amide bonds. The van der Waals surface area contributed by atoms with E-state index in [2.05, 4.69) is 39.6 Å². The van der Waals surface area contributed by atoms with E-state index in [4.69, 9.17) is 0 Å². The van der Waals surface area contributed by atoms with Gasteiger partial charge in [-0.05, 0) is 44.2 Å². The number of nitrogens with one attached hydrogen (secondary N) is 2. The van der Waals surface area contributed by atoms with Gasteiger partial charge in [0.1, 0.15) is 6.04 Å². The van der Waals surface area contributed by atoms with Crippen molar-refractivity contribution in [1.29, 1.82) is 0 Å². The number of imide groups is 1. The van der Waals surface area contributed by atoms with Crippen molar-refractivity contribution in [1.82, 2.24) is 10.2 Å². The van der Waals surface area contributed by atoms with Gasteiger partial charge < -0.3 is 15.1 Å². The van der Waals surface area contributed by atoms with Crippen molar-refractivity contribution in [2.45, 2.75) is 25.8 Å². The molecule has 2 saturated heterocycles. The first kappa shape index (κ1) is 15.8. The number of piperidine rings is 1. The number of aryl methyl sites for hydroxylation is 1. The van der Waals surface area contributed by atoms with E-state index in [-0.39, 0.29) is 17.9 Å². The van der Waals surface area contributed by atoms with Crippen molar-refractivity contribution >= 4 is 23.2 Å². The molecule has 0 aromatic heterocycles. The van der Waals surface area contributed by atoms with E-state index in [0.717, 1.165) is 37.4 Å². The molecule has 0 saturated carbocycles. The number of rotatable bonds is 3. The van der Waals surface area contributed by atoms with Crippen LogP contribution in [0, 0.1) is 6.92 Å². The second kappa shape index (κ2) is 6.58. The fourth-order valence-electron chi connectivity index (χ4n) is 3.09. The number of amides is 2. The maximum atomic E-state index is 11.9. The van der Waals surface area contributed by atoms with E-state index in [1.165, 1.54) is 5.69 Å². The quantitative estimate of drug-likeness (QED) is 0.814. The Morgan fingerprint density at radius 1 is 1.17 bits per heavy atom. The summed E-state index contributed by atoms with van der Waals surface area (Å²) in [5.41, 5.74) is 3.30. The molecule has 0 aliphatic carbocycles. The number of benzene rings is 1. The monoisotopic (exact) mass is 316 g/mol. The minimum atomic E-state index is -0.333. The Bertz CT molecular complexity index is 609. The van der Waals surface area contributed by atoms with E-state index in [0.29, 0.717) is 12.8 Å². The van der Waals surface area contributed by atoms with Crippen LogP contribution >= 0.6 is 0 Å². The summed E-state index contributed by atoms with van der Waals surface area (Å²) in [6, 6.07) is 5.97. The molecule has 124 valence electrons. The Labute approximate surface area is 136 Å². The number of carbonyl (C=O) groups is 2. The topological polar surface area (TPSA) is 64.7 Å². The van der Waals surface area contributed by atoms with E-state index in [9.17, 15) is 9.59 Å². The second-order valence-corrected chi connectivity index (χ2v) is 6.44. The molecule has 1 aromatic rings. The van der Waals surface area contributed by atoms with Crippen molar-refractivity contribution in [3.8, 4) is 0 Å². The third-order valence-electron chi connectivity index (χ3n) is 4.65. The summed E-state index contributed by atoms with van der Waals surface area (Å²) in [7, 11) is 2.15. The first-order chi connectivity index (χ1) is 11.0. The normalized spacial score (nSPS) is 22.9. The molecule has 3 rings (SSSR count). The smallest absolute Gasteiger partial charge is 0.249 e. The number of anilines is 2. The van der Waals surface area contributed by atoms with Crippen molar-refractivity contribution in [2.75, 3.05) is 43.4 Å². The minimum absolute atomic E-state index is 0.185. The molecule has 0 bridgehead atoms. The molecule has 1 unspecified atom stereocenters. The van der Waals surface area contributed by atoms with Crippen LogP contribution in [0.4, 0.5) is 11.4 Å². The number of nitrogens with zero attached hydrogens (tertiary/aromatic N) is 2. The molecule has 6 heteroatoms. The first-order valence-electron chi connectivity index (χ1n) is 8.17. The van der Waals surface area contributed by atoms with Gasteiger partial charge in [-0.2, -0.15) is 0 Å². The fraction of sp³-hybridized carbons (Fsp3) is 0.529. The van der Waals surface area contributed by atoms with Crippen LogP contribution in [0.5, 0.6) is 0 Å². The Kier molecular flexibility index (Phi) is 4.52. The highest BCUT2D eigenvalue weighted by molar-refractivity contribution is 6.01. The summed E-state index contributed by atoms with van der Waals surface area (Å²) in [5.74, 6) is -0.418. The molecule has 2 heterocycles. The van der Waals surface area contributed by atoms with E-state index < -0.39 is 0 Å². The zero-order valence-electron chi connectivity index (χ0n) is 13.8. The highest BCUT2D eigenvalue weighted by Gasteiger charge is 2.26. The number of piperazine rings is 1. The Hall–Kier alpha value is -2.08. The minimum Gasteiger partial charge on any atom is -0.373 e. The van der Waals surface area contributed by atoms with Gasteiger partial charge in [-0.25, -0.2) is 0 Å². The van der Waals surface area contributed by atoms with Gasteiger partial charge in [-0.15, -0.1) is 0 Å². The summed E-state index contributed by atoms with van der Waals surface area (Å²) in [6.07, 6.45) is 0.937. The molecule has 2 fully saturated rings. The van der Waals surface area contributed by atoms with Gasteiger partial charge in [-0.3, -0.25) is 14.9 Å². The van der Waals surface area contributed by atoms with Crippen molar-refractivity contribution in [2.24, 2.45) is 0 Å². The highest BCUT2D eigenvalue weighted by Crippen LogP contribution is 2.25. The van der Waals surface area contributed by atoms with Crippen molar-refractivity contribution in [3.63, 3.8) is 0 Å². The molecule has 2 aliphatic rings. The van der Waals surface area contributed by atoms with Gasteiger partial charge in [0.2, 0.25) is 11.8 Å². The summed E-state index contributed by atoms with van der Waals surface area (Å²) in [5, 5.41) is 5.65. The summed E-state index contributed by atoms with van der Waals surface area (Å²) in [6.45, 7) is 6.28. The lowest BCUT2D eigenvalue weighted by Gasteiger charge is -2.34. The van der Waals surface area contributed by atoms with E-state index >= 15 is 0 Å². The molecule has 1 atom stereocenters. The number of carbonyl (C=O) groups excluding carboxylic acids is 2. The van der Waals surface area contributed by atoms with Crippen LogP contribution in [0.2, 0.25) is 0 Å². The average molecular weight is 316 g/mol. The number of hydrogen-bond acceptors (Lipinski definition) is 5. The van der Waals surface area contributed by atoms with Gasteiger partial charge in [0, 0.05) is 44.0 Å². The lowest BCUT2D eigenvalue weighted by molar-refractivity contribution is -0.133. The van der Waals surface area contributed by atoms with Crippen molar-refractivity contribution < 1.29 is 9.59 Å². The standard InChI is InChI=1S/C17H24N4O2/c1-12-11-13(21-9-7-20(2)8-10-21)3-4-14(12)18-15-5-6-16(22)19-17(15)23/h3-4,11,15,18H,5-10H2,1-2H3,(H,19,22,23). The molecule has 0 spiro atoms. The Morgan fingerprint density at radius 3 is 2.57 bits per heavy atom. The number of likely N-dealkylation sites (N-methyl/N-ethyl adjacent to an activating group) is 1. The van der Waals surface area contributed by atoms with Gasteiger partial charge in [-0.1, -0.05) is 0 Å².